The second-order valence-electron chi connectivity index (χ2n) is 9.99. The summed E-state index contributed by atoms with van der Waals surface area (Å²) in [6.07, 6.45) is -1.83. The van der Waals surface area contributed by atoms with Gasteiger partial charge in [0.25, 0.3) is 5.91 Å². The Bertz CT molecular complexity index is 1110. The number of halogens is 1. The lowest BCUT2D eigenvalue weighted by molar-refractivity contribution is -0.123. The lowest BCUT2D eigenvalue weighted by Gasteiger charge is -2.39. The van der Waals surface area contributed by atoms with E-state index in [0.29, 0.717) is 22.0 Å². The number of anilines is 1. The van der Waals surface area contributed by atoms with E-state index in [2.05, 4.69) is 10.7 Å². The maximum absolute atomic E-state index is 13.6. The highest BCUT2D eigenvalue weighted by Crippen LogP contribution is 2.50. The second kappa shape index (κ2) is 9.99. The van der Waals surface area contributed by atoms with Gasteiger partial charge in [0, 0.05) is 22.0 Å². The minimum absolute atomic E-state index is 0.343. The molecular weight excluding hydrogens is 490 g/mol. The molecule has 0 spiro atoms. The number of hydrazine groups is 1. The number of carbonyl (C=O) groups is 3. The second-order valence-corrected chi connectivity index (χ2v) is 11.6. The largest absolute Gasteiger partial charge is 0.443 e. The van der Waals surface area contributed by atoms with Gasteiger partial charge in [0.2, 0.25) is 4.87 Å². The van der Waals surface area contributed by atoms with Crippen LogP contribution in [0.3, 0.4) is 0 Å². The molecule has 0 aromatic heterocycles. The molecule has 10 heteroatoms. The van der Waals surface area contributed by atoms with Crippen LogP contribution >= 0.6 is 23.4 Å². The Morgan fingerprint density at radius 2 is 1.66 bits per heavy atom. The quantitative estimate of drug-likeness (QED) is 0.376. The van der Waals surface area contributed by atoms with Crippen LogP contribution in [0.4, 0.5) is 15.3 Å². The molecule has 35 heavy (non-hydrogen) atoms. The first-order valence-electron chi connectivity index (χ1n) is 11.0. The summed E-state index contributed by atoms with van der Waals surface area (Å²) in [5, 5.41) is 4.08. The number of hydrogen-bond donors (Lipinski definition) is 2. The van der Waals surface area contributed by atoms with E-state index in [-0.39, 0.29) is 0 Å². The van der Waals surface area contributed by atoms with Gasteiger partial charge in [0.15, 0.2) is 0 Å². The van der Waals surface area contributed by atoms with E-state index in [1.165, 1.54) is 0 Å². The van der Waals surface area contributed by atoms with Gasteiger partial charge in [0.1, 0.15) is 11.2 Å². The van der Waals surface area contributed by atoms with Gasteiger partial charge in [0.05, 0.1) is 0 Å². The number of nitrogens with one attached hydrogen (secondary N) is 2. The molecular formula is C25H30ClN3O5S. The SMILES string of the molecule is CC(C)(C)OC(=O)NN(C(=O)OC(C)(C)C)C1(SCc2ccccc2)C(=O)Nc2ccc(Cl)cc21. The van der Waals surface area contributed by atoms with Crippen LogP contribution < -0.4 is 10.7 Å². The zero-order valence-corrected chi connectivity index (χ0v) is 22.2. The van der Waals surface area contributed by atoms with Crippen molar-refractivity contribution in [3.63, 3.8) is 0 Å². The molecule has 2 aromatic rings. The van der Waals surface area contributed by atoms with Crippen LogP contribution in [0.5, 0.6) is 0 Å². The van der Waals surface area contributed by atoms with Gasteiger partial charge in [-0.1, -0.05) is 41.9 Å². The van der Waals surface area contributed by atoms with Crippen LogP contribution in [0.25, 0.3) is 0 Å². The summed E-state index contributed by atoms with van der Waals surface area (Å²) in [6.45, 7) is 10.2. The number of hydrogen-bond acceptors (Lipinski definition) is 6. The molecule has 188 valence electrons. The molecule has 2 aromatic carbocycles. The van der Waals surface area contributed by atoms with E-state index in [1.54, 1.807) is 59.7 Å². The van der Waals surface area contributed by atoms with Gasteiger partial charge in [-0.15, -0.1) is 11.8 Å². The van der Waals surface area contributed by atoms with E-state index in [1.807, 2.05) is 30.3 Å². The first-order valence-corrected chi connectivity index (χ1v) is 12.4. The maximum Gasteiger partial charge on any atom is 0.431 e. The number of nitrogens with zero attached hydrogens (tertiary/aromatic N) is 1. The Morgan fingerprint density at radius 1 is 1.03 bits per heavy atom. The third-order valence-corrected chi connectivity index (χ3v) is 6.40. The average molecular weight is 520 g/mol. The van der Waals surface area contributed by atoms with Gasteiger partial charge < -0.3 is 14.8 Å². The van der Waals surface area contributed by atoms with Crippen molar-refractivity contribution in [3.8, 4) is 0 Å². The fourth-order valence-electron chi connectivity index (χ4n) is 3.38. The summed E-state index contributed by atoms with van der Waals surface area (Å²) in [7, 11) is 0. The zero-order chi connectivity index (χ0) is 26.0. The highest BCUT2D eigenvalue weighted by Gasteiger charge is 2.56. The molecule has 1 heterocycles. The number of fused-ring (bicyclic) bond motifs is 1. The molecule has 1 atom stereocenters. The highest BCUT2D eigenvalue weighted by molar-refractivity contribution is 8.00. The van der Waals surface area contributed by atoms with Crippen LogP contribution in [0, 0.1) is 0 Å². The predicted molar refractivity (Wildman–Crippen MR) is 137 cm³/mol. The Hall–Kier alpha value is -2.91. The number of rotatable bonds is 4. The molecule has 3 rings (SSSR count). The van der Waals surface area contributed by atoms with Crippen molar-refractivity contribution in [1.82, 2.24) is 10.4 Å². The smallest absolute Gasteiger partial charge is 0.431 e. The minimum Gasteiger partial charge on any atom is -0.443 e. The zero-order valence-electron chi connectivity index (χ0n) is 20.6. The molecule has 3 amide bonds. The third kappa shape index (κ3) is 6.41. The van der Waals surface area contributed by atoms with E-state index in [9.17, 15) is 14.4 Å². The van der Waals surface area contributed by atoms with Gasteiger partial charge in [-0.3, -0.25) is 4.79 Å². The monoisotopic (exact) mass is 519 g/mol. The Kier molecular flexibility index (Phi) is 7.62. The van der Waals surface area contributed by atoms with Crippen LogP contribution in [0.15, 0.2) is 48.5 Å². The molecule has 0 bridgehead atoms. The summed E-state index contributed by atoms with van der Waals surface area (Å²) in [5.74, 6) is -0.187. The summed E-state index contributed by atoms with van der Waals surface area (Å²) in [4.78, 5) is 38.3. The molecule has 1 aliphatic rings. The number of thioether (sulfide) groups is 1. The lowest BCUT2D eigenvalue weighted by Crippen LogP contribution is -2.61. The van der Waals surface area contributed by atoms with Crippen molar-refractivity contribution in [1.29, 1.82) is 0 Å². The predicted octanol–water partition coefficient (Wildman–Crippen LogP) is 6.06. The van der Waals surface area contributed by atoms with Gasteiger partial charge in [-0.05, 0) is 65.3 Å². The molecule has 2 N–H and O–H groups in total. The Morgan fingerprint density at radius 3 is 2.26 bits per heavy atom. The molecule has 0 saturated carbocycles. The highest BCUT2D eigenvalue weighted by atomic mass is 35.5. The van der Waals surface area contributed by atoms with Crippen LogP contribution in [-0.2, 0) is 24.9 Å². The van der Waals surface area contributed by atoms with E-state index < -0.39 is 34.2 Å². The standard InChI is InChI=1S/C25H30ClN3O5S/c1-23(2,3)33-21(31)28-29(22(32)34-24(4,5)6)25(35-15-16-10-8-7-9-11-16)18-14-17(26)12-13-19(18)27-20(25)30/h7-14H,15H2,1-6H3,(H,27,30)(H,28,31). The topological polar surface area (TPSA) is 97.0 Å². The number of benzene rings is 2. The Labute approximate surface area is 214 Å². The van der Waals surface area contributed by atoms with Crippen molar-refractivity contribution in [2.45, 2.75) is 63.4 Å². The maximum atomic E-state index is 13.6. The van der Waals surface area contributed by atoms with Crippen LogP contribution in [0.2, 0.25) is 5.02 Å². The third-order valence-electron chi connectivity index (χ3n) is 4.69. The summed E-state index contributed by atoms with van der Waals surface area (Å²) < 4.78 is 11.0. The molecule has 0 aliphatic carbocycles. The van der Waals surface area contributed by atoms with E-state index in [0.717, 1.165) is 22.3 Å². The average Bonchev–Trinajstić information content (AvgIpc) is 3.00. The first kappa shape index (κ1) is 26.7. The fraction of sp³-hybridized carbons (Fsp3) is 0.400. The van der Waals surface area contributed by atoms with Crippen molar-refractivity contribution in [3.05, 3.63) is 64.7 Å². The number of carbonyl (C=O) groups excluding carboxylic acids is 3. The molecule has 1 aliphatic heterocycles. The lowest BCUT2D eigenvalue weighted by atomic mass is 10.1. The molecule has 0 saturated heterocycles. The molecule has 0 radical (unpaired) electrons. The summed E-state index contributed by atoms with van der Waals surface area (Å²) in [6, 6.07) is 14.4. The van der Waals surface area contributed by atoms with Crippen molar-refractivity contribution in [2.24, 2.45) is 0 Å². The molecule has 1 unspecified atom stereocenters. The Balaban J connectivity index is 2.14. The van der Waals surface area contributed by atoms with Crippen molar-refractivity contribution < 1.29 is 23.9 Å². The first-order chi connectivity index (χ1) is 16.2. The normalized spacial score (nSPS) is 17.3. The number of amides is 3. The molecule has 0 fully saturated rings. The fourth-order valence-corrected chi connectivity index (χ4v) is 4.88. The van der Waals surface area contributed by atoms with E-state index >= 15 is 0 Å². The number of ether oxygens (including phenoxy) is 2. The van der Waals surface area contributed by atoms with Gasteiger partial charge in [-0.25, -0.2) is 15.0 Å². The molecule has 8 nitrogen and oxygen atoms in total. The summed E-state index contributed by atoms with van der Waals surface area (Å²) >= 11 is 7.45. The van der Waals surface area contributed by atoms with Crippen molar-refractivity contribution >= 4 is 47.1 Å². The minimum atomic E-state index is -1.73. The summed E-state index contributed by atoms with van der Waals surface area (Å²) in [5.41, 5.74) is 2.54. The van der Waals surface area contributed by atoms with Crippen molar-refractivity contribution in [2.75, 3.05) is 5.32 Å². The van der Waals surface area contributed by atoms with Crippen LogP contribution in [0.1, 0.15) is 52.7 Å². The van der Waals surface area contributed by atoms with Crippen LogP contribution in [-0.4, -0.2) is 34.3 Å². The van der Waals surface area contributed by atoms with Gasteiger partial charge >= 0.3 is 12.2 Å². The van der Waals surface area contributed by atoms with Gasteiger partial charge in [-0.2, -0.15) is 5.01 Å². The van der Waals surface area contributed by atoms with E-state index in [4.69, 9.17) is 21.1 Å².